The van der Waals surface area contributed by atoms with Crippen LogP contribution in [0.4, 0.5) is 13.2 Å². The normalized spacial score (nSPS) is 15.4. The van der Waals surface area contributed by atoms with Crippen molar-refractivity contribution in [2.75, 3.05) is 0 Å². The number of fused-ring (bicyclic) bond motifs is 1. The largest absolute Gasteiger partial charge is 0.417 e. The van der Waals surface area contributed by atoms with Crippen molar-refractivity contribution < 1.29 is 13.2 Å². The first-order chi connectivity index (χ1) is 12.3. The van der Waals surface area contributed by atoms with E-state index >= 15 is 0 Å². The van der Waals surface area contributed by atoms with Gasteiger partial charge in [0.2, 0.25) is 0 Å². The monoisotopic (exact) mass is 382 g/mol. The third-order valence-corrected chi connectivity index (χ3v) is 5.10. The standard InChI is InChI=1S/C17H14ClF3N4O/c18-13-5-4-9(7-12(13)17(19,20)21)6-11-14(10-2-1-3-10)24-16-22-8-23-25(16)15(11)26/h4-5,7-8,10H,1-3,6H2,(H,22,23,24). The fraction of sp³-hybridized carbons (Fsp3) is 0.353. The zero-order valence-corrected chi connectivity index (χ0v) is 14.2. The molecule has 0 unspecified atom stereocenters. The van der Waals surface area contributed by atoms with Gasteiger partial charge in [0, 0.05) is 17.9 Å². The summed E-state index contributed by atoms with van der Waals surface area (Å²) in [5.74, 6) is 0.418. The molecule has 0 bridgehead atoms. The summed E-state index contributed by atoms with van der Waals surface area (Å²) >= 11 is 5.68. The number of halogens is 4. The minimum atomic E-state index is -4.55. The Bertz CT molecular complexity index is 1040. The van der Waals surface area contributed by atoms with Crippen LogP contribution in [0.2, 0.25) is 5.02 Å². The van der Waals surface area contributed by atoms with E-state index in [1.165, 1.54) is 23.0 Å². The van der Waals surface area contributed by atoms with E-state index in [0.29, 0.717) is 16.8 Å². The molecule has 9 heteroatoms. The van der Waals surface area contributed by atoms with E-state index in [9.17, 15) is 18.0 Å². The highest BCUT2D eigenvalue weighted by atomic mass is 35.5. The molecule has 1 saturated carbocycles. The Morgan fingerprint density at radius 1 is 1.31 bits per heavy atom. The fourth-order valence-corrected chi connectivity index (χ4v) is 3.42. The number of aromatic nitrogens is 4. The fourth-order valence-electron chi connectivity index (χ4n) is 3.20. The first kappa shape index (κ1) is 17.1. The van der Waals surface area contributed by atoms with Gasteiger partial charge in [-0.15, -0.1) is 0 Å². The highest BCUT2D eigenvalue weighted by Crippen LogP contribution is 2.38. The summed E-state index contributed by atoms with van der Waals surface area (Å²) in [6, 6.07) is 3.71. The molecule has 0 amide bonds. The molecule has 0 atom stereocenters. The maximum atomic E-state index is 13.1. The molecule has 1 aliphatic carbocycles. The number of aromatic amines is 1. The van der Waals surface area contributed by atoms with Crippen LogP contribution in [0.15, 0.2) is 29.3 Å². The van der Waals surface area contributed by atoms with Crippen molar-refractivity contribution in [2.24, 2.45) is 0 Å². The number of hydrogen-bond acceptors (Lipinski definition) is 3. The number of H-pyrrole nitrogens is 1. The first-order valence-corrected chi connectivity index (χ1v) is 8.53. The van der Waals surface area contributed by atoms with Crippen molar-refractivity contribution in [2.45, 2.75) is 37.8 Å². The minimum absolute atomic E-state index is 0.0554. The molecule has 2 aromatic heterocycles. The molecule has 0 spiro atoms. The van der Waals surface area contributed by atoms with Gasteiger partial charge in [0.25, 0.3) is 11.3 Å². The average molecular weight is 383 g/mol. The Kier molecular flexibility index (Phi) is 4.02. The molecule has 4 rings (SSSR count). The highest BCUT2D eigenvalue weighted by Gasteiger charge is 2.33. The summed E-state index contributed by atoms with van der Waals surface area (Å²) in [5, 5.41) is 2.33. The molecular formula is C17H14ClF3N4O. The maximum Gasteiger partial charge on any atom is 0.417 e. The summed E-state index contributed by atoms with van der Waals surface area (Å²) in [6.07, 6.45) is -0.264. The lowest BCUT2D eigenvalue weighted by Gasteiger charge is -2.26. The van der Waals surface area contributed by atoms with Gasteiger partial charge < -0.3 is 0 Å². The van der Waals surface area contributed by atoms with Crippen LogP contribution >= 0.6 is 11.6 Å². The summed E-state index contributed by atoms with van der Waals surface area (Å²) in [7, 11) is 0. The van der Waals surface area contributed by atoms with Crippen LogP contribution in [0.5, 0.6) is 0 Å². The number of alkyl halides is 3. The molecule has 3 aromatic rings. The number of rotatable bonds is 3. The summed E-state index contributed by atoms with van der Waals surface area (Å²) in [6.45, 7) is 0. The van der Waals surface area contributed by atoms with Gasteiger partial charge >= 0.3 is 6.18 Å². The van der Waals surface area contributed by atoms with E-state index in [4.69, 9.17) is 11.6 Å². The van der Waals surface area contributed by atoms with E-state index in [2.05, 4.69) is 15.1 Å². The highest BCUT2D eigenvalue weighted by molar-refractivity contribution is 6.31. The SMILES string of the molecule is O=c1c(Cc2ccc(Cl)c(C(F)(F)F)c2)c(C2CCC2)nc2nc[nH]n12. The van der Waals surface area contributed by atoms with Gasteiger partial charge in [-0.25, -0.2) is 9.97 Å². The molecule has 1 N–H and O–H groups in total. The van der Waals surface area contributed by atoms with E-state index in [1.807, 2.05) is 0 Å². The molecule has 1 fully saturated rings. The number of hydrogen-bond donors (Lipinski definition) is 1. The number of nitrogens with one attached hydrogen (secondary N) is 1. The van der Waals surface area contributed by atoms with E-state index in [-0.39, 0.29) is 28.7 Å². The summed E-state index contributed by atoms with van der Waals surface area (Å²) in [5.41, 5.74) is 0.153. The Balaban J connectivity index is 1.82. The van der Waals surface area contributed by atoms with Crippen molar-refractivity contribution in [1.29, 1.82) is 0 Å². The van der Waals surface area contributed by atoms with Gasteiger partial charge in [-0.1, -0.05) is 24.1 Å². The van der Waals surface area contributed by atoms with Gasteiger partial charge in [0.05, 0.1) is 16.3 Å². The van der Waals surface area contributed by atoms with Gasteiger partial charge in [-0.2, -0.15) is 17.7 Å². The Hall–Kier alpha value is -2.35. The Morgan fingerprint density at radius 3 is 2.73 bits per heavy atom. The minimum Gasteiger partial charge on any atom is -0.278 e. The third-order valence-electron chi connectivity index (χ3n) is 4.77. The van der Waals surface area contributed by atoms with Crippen LogP contribution in [0.3, 0.4) is 0 Å². The summed E-state index contributed by atoms with van der Waals surface area (Å²) < 4.78 is 40.5. The lowest BCUT2D eigenvalue weighted by atomic mass is 9.80. The van der Waals surface area contributed by atoms with E-state index < -0.39 is 11.7 Å². The predicted molar refractivity (Wildman–Crippen MR) is 89.5 cm³/mol. The molecule has 0 aliphatic heterocycles. The second kappa shape index (κ2) is 6.12. The van der Waals surface area contributed by atoms with Crippen LogP contribution in [-0.4, -0.2) is 19.6 Å². The number of benzene rings is 1. The van der Waals surface area contributed by atoms with Crippen LogP contribution < -0.4 is 5.56 Å². The van der Waals surface area contributed by atoms with E-state index in [1.54, 1.807) is 0 Å². The lowest BCUT2D eigenvalue weighted by molar-refractivity contribution is -0.137. The summed E-state index contributed by atoms with van der Waals surface area (Å²) in [4.78, 5) is 21.3. The van der Waals surface area contributed by atoms with Crippen molar-refractivity contribution >= 4 is 17.4 Å². The zero-order chi connectivity index (χ0) is 18.5. The molecule has 2 heterocycles. The van der Waals surface area contributed by atoms with Crippen molar-refractivity contribution in [3.8, 4) is 0 Å². The van der Waals surface area contributed by atoms with Crippen LogP contribution in [0.1, 0.15) is 47.6 Å². The van der Waals surface area contributed by atoms with Crippen LogP contribution in [-0.2, 0) is 12.6 Å². The number of nitrogens with zero attached hydrogens (tertiary/aromatic N) is 3. The third kappa shape index (κ3) is 2.88. The van der Waals surface area contributed by atoms with Gasteiger partial charge in [-0.05, 0) is 30.5 Å². The van der Waals surface area contributed by atoms with Gasteiger partial charge in [0.1, 0.15) is 6.33 Å². The Labute approximate surface area is 150 Å². The van der Waals surface area contributed by atoms with Gasteiger partial charge in [0.15, 0.2) is 0 Å². The molecule has 0 radical (unpaired) electrons. The molecular weight excluding hydrogens is 369 g/mol. The molecule has 26 heavy (non-hydrogen) atoms. The van der Waals surface area contributed by atoms with Crippen molar-refractivity contribution in [1.82, 2.24) is 19.6 Å². The van der Waals surface area contributed by atoms with Crippen LogP contribution in [0, 0.1) is 0 Å². The lowest BCUT2D eigenvalue weighted by Crippen LogP contribution is -2.26. The second-order valence-electron chi connectivity index (χ2n) is 6.42. The van der Waals surface area contributed by atoms with Crippen molar-refractivity contribution in [3.05, 3.63) is 62.3 Å². The van der Waals surface area contributed by atoms with Crippen molar-refractivity contribution in [3.63, 3.8) is 0 Å². The topological polar surface area (TPSA) is 63.0 Å². The second-order valence-corrected chi connectivity index (χ2v) is 6.83. The van der Waals surface area contributed by atoms with Crippen LogP contribution in [0.25, 0.3) is 5.78 Å². The zero-order valence-electron chi connectivity index (χ0n) is 13.5. The van der Waals surface area contributed by atoms with Gasteiger partial charge in [-0.3, -0.25) is 9.89 Å². The Morgan fingerprint density at radius 2 is 2.08 bits per heavy atom. The molecule has 5 nitrogen and oxygen atoms in total. The molecule has 1 aromatic carbocycles. The smallest absolute Gasteiger partial charge is 0.278 e. The molecule has 1 aliphatic rings. The quantitative estimate of drug-likeness (QED) is 0.746. The van der Waals surface area contributed by atoms with E-state index in [0.717, 1.165) is 25.3 Å². The first-order valence-electron chi connectivity index (χ1n) is 8.15. The molecule has 0 saturated heterocycles. The molecule has 136 valence electrons. The maximum absolute atomic E-state index is 13.1. The predicted octanol–water partition coefficient (Wildman–Crippen LogP) is 3.95. The average Bonchev–Trinajstić information content (AvgIpc) is 2.98.